The van der Waals surface area contributed by atoms with E-state index in [4.69, 9.17) is 27.3 Å². The number of hydrogen-bond donors (Lipinski definition) is 2. The lowest BCUT2D eigenvalue weighted by Crippen LogP contribution is -2.13. The van der Waals surface area contributed by atoms with Gasteiger partial charge in [0.1, 0.15) is 12.4 Å². The van der Waals surface area contributed by atoms with Gasteiger partial charge in [-0.15, -0.1) is 0 Å². The lowest BCUT2D eigenvalue weighted by molar-refractivity contribution is 0.301. The molecule has 20 heavy (non-hydrogen) atoms. The topological polar surface area (TPSA) is 80.7 Å². The van der Waals surface area contributed by atoms with Crippen LogP contribution in [0.2, 0.25) is 5.02 Å². The van der Waals surface area contributed by atoms with Crippen molar-refractivity contribution in [2.45, 2.75) is 6.61 Å². The third-order valence-corrected chi connectivity index (χ3v) is 3.28. The highest BCUT2D eigenvalue weighted by atomic mass is 79.9. The maximum Gasteiger partial charge on any atom is 0.171 e. The predicted molar refractivity (Wildman–Crippen MR) is 80.2 cm³/mol. The molecule has 0 spiro atoms. The molecular formula is C13H11BrClN3O2. The zero-order chi connectivity index (χ0) is 14.5. The molecule has 0 aliphatic heterocycles. The summed E-state index contributed by atoms with van der Waals surface area (Å²) in [6.07, 6.45) is 1.70. The first-order chi connectivity index (χ1) is 9.60. The van der Waals surface area contributed by atoms with Crippen molar-refractivity contribution >= 4 is 33.4 Å². The number of benzene rings is 1. The van der Waals surface area contributed by atoms with Crippen molar-refractivity contribution in [3.8, 4) is 5.75 Å². The molecule has 2 rings (SSSR count). The van der Waals surface area contributed by atoms with Gasteiger partial charge in [-0.3, -0.25) is 4.98 Å². The van der Waals surface area contributed by atoms with Crippen molar-refractivity contribution in [1.29, 1.82) is 0 Å². The second-order valence-corrected chi connectivity index (χ2v) is 5.21. The minimum atomic E-state index is -0.0453. The molecule has 0 bridgehead atoms. The molecule has 0 aliphatic carbocycles. The van der Waals surface area contributed by atoms with E-state index in [1.807, 2.05) is 12.1 Å². The van der Waals surface area contributed by atoms with Crippen LogP contribution in [0.15, 0.2) is 46.2 Å². The third kappa shape index (κ3) is 3.61. The number of rotatable bonds is 4. The minimum Gasteiger partial charge on any atom is -0.487 e. The highest BCUT2D eigenvalue weighted by Crippen LogP contribution is 2.23. The highest BCUT2D eigenvalue weighted by molar-refractivity contribution is 9.10. The Morgan fingerprint density at radius 2 is 2.20 bits per heavy atom. The summed E-state index contributed by atoms with van der Waals surface area (Å²) in [7, 11) is 0. The van der Waals surface area contributed by atoms with Gasteiger partial charge in [0.15, 0.2) is 5.84 Å². The Morgan fingerprint density at radius 3 is 2.80 bits per heavy atom. The second kappa shape index (κ2) is 6.58. The van der Waals surface area contributed by atoms with E-state index in [2.05, 4.69) is 26.1 Å². The Balaban J connectivity index is 2.07. The second-order valence-electron chi connectivity index (χ2n) is 3.88. The molecule has 0 fully saturated rings. The maximum absolute atomic E-state index is 8.62. The van der Waals surface area contributed by atoms with Gasteiger partial charge in [-0.25, -0.2) is 0 Å². The maximum atomic E-state index is 8.62. The van der Waals surface area contributed by atoms with Gasteiger partial charge >= 0.3 is 0 Å². The van der Waals surface area contributed by atoms with Crippen molar-refractivity contribution < 1.29 is 9.94 Å². The minimum absolute atomic E-state index is 0.0453. The van der Waals surface area contributed by atoms with Crippen LogP contribution in [0.4, 0.5) is 0 Å². The Labute approximate surface area is 129 Å². The summed E-state index contributed by atoms with van der Waals surface area (Å²) in [6, 6.07) is 8.67. The van der Waals surface area contributed by atoms with Crippen molar-refractivity contribution in [1.82, 2.24) is 4.98 Å². The summed E-state index contributed by atoms with van der Waals surface area (Å²) >= 11 is 9.35. The van der Waals surface area contributed by atoms with Gasteiger partial charge in [-0.2, -0.15) is 0 Å². The number of ether oxygens (including phenoxy) is 1. The first kappa shape index (κ1) is 14.6. The summed E-state index contributed by atoms with van der Waals surface area (Å²) in [5.41, 5.74) is 6.73. The number of amidine groups is 1. The lowest BCUT2D eigenvalue weighted by atomic mass is 10.2. The summed E-state index contributed by atoms with van der Waals surface area (Å²) in [5, 5.41) is 11.9. The van der Waals surface area contributed by atoms with Crippen LogP contribution in [-0.2, 0) is 6.61 Å². The number of nitrogens with zero attached hydrogens (tertiary/aromatic N) is 2. The van der Waals surface area contributed by atoms with Crippen LogP contribution in [0.1, 0.15) is 11.3 Å². The number of halogens is 2. The largest absolute Gasteiger partial charge is 0.487 e. The van der Waals surface area contributed by atoms with Crippen molar-refractivity contribution in [3.63, 3.8) is 0 Å². The van der Waals surface area contributed by atoms with Crippen LogP contribution in [-0.4, -0.2) is 16.0 Å². The van der Waals surface area contributed by atoms with E-state index in [0.717, 1.165) is 10.2 Å². The summed E-state index contributed by atoms with van der Waals surface area (Å²) in [4.78, 5) is 4.20. The Kier molecular flexibility index (Phi) is 4.81. The molecule has 104 valence electrons. The summed E-state index contributed by atoms with van der Waals surface area (Å²) in [6.45, 7) is 0.326. The fourth-order valence-corrected chi connectivity index (χ4v) is 2.00. The fraction of sp³-hybridized carbons (Fsp3) is 0.0769. The number of aromatic nitrogens is 1. The predicted octanol–water partition coefficient (Wildman–Crippen LogP) is 3.17. The molecule has 0 aliphatic rings. The van der Waals surface area contributed by atoms with Gasteiger partial charge in [0.25, 0.3) is 0 Å². The van der Waals surface area contributed by atoms with E-state index in [9.17, 15) is 0 Å². The molecule has 1 heterocycles. The van der Waals surface area contributed by atoms with Gasteiger partial charge in [0, 0.05) is 16.2 Å². The van der Waals surface area contributed by atoms with Crippen LogP contribution in [0.3, 0.4) is 0 Å². The molecule has 0 radical (unpaired) electrons. The van der Waals surface area contributed by atoms with Gasteiger partial charge in [0.05, 0.1) is 10.7 Å². The van der Waals surface area contributed by atoms with Crippen LogP contribution in [0.5, 0.6) is 5.75 Å². The molecular weight excluding hydrogens is 346 g/mol. The average Bonchev–Trinajstić information content (AvgIpc) is 2.46. The summed E-state index contributed by atoms with van der Waals surface area (Å²) < 4.78 is 6.49. The first-order valence-corrected chi connectivity index (χ1v) is 6.78. The standard InChI is InChI=1S/C13H11BrClN3O2/c14-8-1-2-9(17-6-8)7-20-10-3-4-11(12(15)5-10)13(16)18-19/h1-6,19H,7H2,(H2,16,18). The Hall–Kier alpha value is -1.79. The van der Waals surface area contributed by atoms with Crippen LogP contribution >= 0.6 is 27.5 Å². The normalized spacial score (nSPS) is 11.4. The van der Waals surface area contributed by atoms with Crippen LogP contribution in [0.25, 0.3) is 0 Å². The van der Waals surface area contributed by atoms with Gasteiger partial charge in [0.2, 0.25) is 0 Å². The number of oxime groups is 1. The van der Waals surface area contributed by atoms with E-state index in [1.54, 1.807) is 24.4 Å². The monoisotopic (exact) mass is 355 g/mol. The number of hydrogen-bond acceptors (Lipinski definition) is 4. The van der Waals surface area contributed by atoms with Gasteiger partial charge in [-0.1, -0.05) is 16.8 Å². The molecule has 2 aromatic rings. The van der Waals surface area contributed by atoms with Crippen molar-refractivity contribution in [3.05, 3.63) is 57.3 Å². The molecule has 0 unspecified atom stereocenters. The van der Waals surface area contributed by atoms with Crippen LogP contribution < -0.4 is 10.5 Å². The number of pyridine rings is 1. The van der Waals surface area contributed by atoms with Crippen molar-refractivity contribution in [2.75, 3.05) is 0 Å². The zero-order valence-corrected chi connectivity index (χ0v) is 12.6. The molecule has 0 amide bonds. The van der Waals surface area contributed by atoms with E-state index in [0.29, 0.717) is 22.9 Å². The third-order valence-electron chi connectivity index (χ3n) is 2.50. The number of nitrogens with two attached hydrogens (primary N) is 1. The van der Waals surface area contributed by atoms with E-state index >= 15 is 0 Å². The Bertz CT molecular complexity index is 632. The van der Waals surface area contributed by atoms with Gasteiger partial charge in [-0.05, 0) is 46.3 Å². The molecule has 0 atom stereocenters. The smallest absolute Gasteiger partial charge is 0.171 e. The molecule has 7 heteroatoms. The van der Waals surface area contributed by atoms with Gasteiger partial charge < -0.3 is 15.7 Å². The van der Waals surface area contributed by atoms with Crippen LogP contribution in [0, 0.1) is 0 Å². The molecule has 5 nitrogen and oxygen atoms in total. The van der Waals surface area contributed by atoms with E-state index in [-0.39, 0.29) is 5.84 Å². The van der Waals surface area contributed by atoms with Crippen molar-refractivity contribution in [2.24, 2.45) is 10.9 Å². The Morgan fingerprint density at radius 1 is 1.40 bits per heavy atom. The summed E-state index contributed by atoms with van der Waals surface area (Å²) in [5.74, 6) is 0.533. The SMILES string of the molecule is N/C(=N/O)c1ccc(OCc2ccc(Br)cn2)cc1Cl. The first-order valence-electron chi connectivity index (χ1n) is 5.61. The quantitative estimate of drug-likeness (QED) is 0.381. The molecule has 0 saturated heterocycles. The molecule has 1 aromatic heterocycles. The average molecular weight is 357 g/mol. The molecule has 3 N–H and O–H groups in total. The fourth-order valence-electron chi connectivity index (χ4n) is 1.50. The lowest BCUT2D eigenvalue weighted by Gasteiger charge is -2.08. The molecule has 1 aromatic carbocycles. The van der Waals surface area contributed by atoms with E-state index < -0.39 is 0 Å². The molecule has 0 saturated carbocycles. The zero-order valence-electron chi connectivity index (χ0n) is 10.3. The highest BCUT2D eigenvalue weighted by Gasteiger charge is 2.07. The van der Waals surface area contributed by atoms with E-state index in [1.165, 1.54) is 0 Å².